The van der Waals surface area contributed by atoms with Crippen LogP contribution in [0.15, 0.2) is 24.3 Å². The largest absolute Gasteiger partial charge is 0.326 e. The van der Waals surface area contributed by atoms with Gasteiger partial charge in [-0.15, -0.1) is 11.3 Å². The molecule has 1 aromatic carbocycles. The Balaban J connectivity index is 1.19. The Morgan fingerprint density at radius 2 is 1.93 bits per heavy atom. The van der Waals surface area contributed by atoms with Crippen LogP contribution in [-0.2, 0) is 4.79 Å². The van der Waals surface area contributed by atoms with Crippen LogP contribution in [0.2, 0.25) is 0 Å². The van der Waals surface area contributed by atoms with Crippen LogP contribution in [0, 0.1) is 5.92 Å². The molecule has 0 radical (unpaired) electrons. The summed E-state index contributed by atoms with van der Waals surface area (Å²) in [7, 11) is 0. The zero-order valence-electron chi connectivity index (χ0n) is 16.9. The van der Waals surface area contributed by atoms with Gasteiger partial charge in [-0.25, -0.2) is 14.7 Å². The molecule has 2 aliphatic heterocycles. The normalized spacial score (nSPS) is 27.6. The highest BCUT2D eigenvalue weighted by Gasteiger charge is 2.56. The van der Waals surface area contributed by atoms with Crippen LogP contribution >= 0.6 is 11.3 Å². The van der Waals surface area contributed by atoms with E-state index < -0.39 is 5.54 Å². The number of piperazine rings is 1. The lowest BCUT2D eigenvalue weighted by Crippen LogP contribution is -2.52. The van der Waals surface area contributed by atoms with Crippen molar-refractivity contribution in [1.29, 1.82) is 0 Å². The van der Waals surface area contributed by atoms with E-state index in [2.05, 4.69) is 40.2 Å². The molecule has 2 atom stereocenters. The topological polar surface area (TPSA) is 68.8 Å². The third-order valence-corrected chi connectivity index (χ3v) is 7.87. The van der Waals surface area contributed by atoms with Crippen LogP contribution in [0.25, 0.3) is 10.2 Å². The SMILES string of the molecule is C[C@@H](c1nc2ccccc2s1)N1CCN(CN2C(=O)N[C@@](C)(C3CC3)C2=O)CC1. The van der Waals surface area contributed by atoms with Crippen LogP contribution < -0.4 is 5.32 Å². The van der Waals surface area contributed by atoms with Crippen molar-refractivity contribution in [2.75, 3.05) is 32.8 Å². The summed E-state index contributed by atoms with van der Waals surface area (Å²) >= 11 is 1.76. The molecule has 154 valence electrons. The number of imide groups is 1. The van der Waals surface area contributed by atoms with E-state index in [0.29, 0.717) is 12.6 Å². The lowest BCUT2D eigenvalue weighted by molar-refractivity contribution is -0.133. The van der Waals surface area contributed by atoms with Crippen molar-refractivity contribution in [3.8, 4) is 0 Å². The van der Waals surface area contributed by atoms with Gasteiger partial charge in [-0.1, -0.05) is 12.1 Å². The van der Waals surface area contributed by atoms with Gasteiger partial charge in [-0.2, -0.15) is 0 Å². The maximum atomic E-state index is 12.8. The van der Waals surface area contributed by atoms with Gasteiger partial charge in [0.1, 0.15) is 10.5 Å². The molecular formula is C21H27N5O2S. The second-order valence-electron chi connectivity index (χ2n) is 8.63. The van der Waals surface area contributed by atoms with Gasteiger partial charge in [-0.05, 0) is 44.7 Å². The Labute approximate surface area is 174 Å². The van der Waals surface area contributed by atoms with Crippen molar-refractivity contribution >= 4 is 33.5 Å². The molecule has 2 saturated heterocycles. The van der Waals surface area contributed by atoms with Crippen molar-refractivity contribution in [2.45, 2.75) is 38.3 Å². The molecule has 3 amide bonds. The Kier molecular flexibility index (Phi) is 4.60. The summed E-state index contributed by atoms with van der Waals surface area (Å²) in [5.74, 6) is 0.241. The summed E-state index contributed by atoms with van der Waals surface area (Å²) in [6.07, 6.45) is 2.05. The van der Waals surface area contributed by atoms with Crippen LogP contribution in [0.5, 0.6) is 0 Å². The Bertz CT molecular complexity index is 916. The average Bonchev–Trinajstić information content (AvgIpc) is 3.46. The molecule has 7 nitrogen and oxygen atoms in total. The van der Waals surface area contributed by atoms with E-state index >= 15 is 0 Å². The first-order valence-corrected chi connectivity index (χ1v) is 11.2. The van der Waals surface area contributed by atoms with E-state index in [1.54, 1.807) is 11.3 Å². The molecule has 1 N–H and O–H groups in total. The smallest absolute Gasteiger partial charge is 0.323 e. The van der Waals surface area contributed by atoms with Crippen LogP contribution in [0.4, 0.5) is 4.79 Å². The maximum Gasteiger partial charge on any atom is 0.326 e. The van der Waals surface area contributed by atoms with E-state index in [1.807, 2.05) is 13.0 Å². The number of nitrogens with one attached hydrogen (secondary N) is 1. The fourth-order valence-electron chi connectivity index (χ4n) is 4.50. The monoisotopic (exact) mass is 413 g/mol. The predicted molar refractivity (Wildman–Crippen MR) is 113 cm³/mol. The Morgan fingerprint density at radius 1 is 1.21 bits per heavy atom. The Hall–Kier alpha value is -2.03. The number of benzene rings is 1. The molecule has 29 heavy (non-hydrogen) atoms. The number of fused-ring (bicyclic) bond motifs is 1. The van der Waals surface area contributed by atoms with Gasteiger partial charge in [0.2, 0.25) is 0 Å². The highest BCUT2D eigenvalue weighted by molar-refractivity contribution is 7.18. The van der Waals surface area contributed by atoms with Gasteiger partial charge in [-0.3, -0.25) is 14.6 Å². The number of hydrogen-bond donors (Lipinski definition) is 1. The first-order chi connectivity index (χ1) is 14.0. The quantitative estimate of drug-likeness (QED) is 0.764. The standard InChI is InChI=1S/C21H27N5O2S/c1-14(18-22-16-5-3-4-6-17(16)29-18)25-11-9-24(10-12-25)13-26-19(27)21(2,15-7-8-15)23-20(26)28/h3-6,14-15H,7-13H2,1-2H3,(H,23,28)/t14-,21-/m0/s1. The minimum atomic E-state index is -0.694. The number of carbonyl (C=O) groups is 2. The van der Waals surface area contributed by atoms with Gasteiger partial charge >= 0.3 is 6.03 Å². The molecule has 3 fully saturated rings. The summed E-state index contributed by atoms with van der Waals surface area (Å²) in [5, 5.41) is 4.08. The molecule has 8 heteroatoms. The van der Waals surface area contributed by atoms with Gasteiger partial charge in [0.25, 0.3) is 5.91 Å². The Morgan fingerprint density at radius 3 is 2.62 bits per heavy atom. The number of urea groups is 1. The van der Waals surface area contributed by atoms with Crippen LogP contribution in [0.1, 0.15) is 37.7 Å². The van der Waals surface area contributed by atoms with E-state index in [-0.39, 0.29) is 18.0 Å². The highest BCUT2D eigenvalue weighted by atomic mass is 32.1. The maximum absolute atomic E-state index is 12.8. The van der Waals surface area contributed by atoms with Gasteiger partial charge in [0.15, 0.2) is 0 Å². The molecular weight excluding hydrogens is 386 g/mol. The molecule has 2 aromatic rings. The number of carbonyl (C=O) groups excluding carboxylic acids is 2. The molecule has 3 aliphatic rings. The minimum absolute atomic E-state index is 0.0599. The fraction of sp³-hybridized carbons (Fsp3) is 0.571. The lowest BCUT2D eigenvalue weighted by Gasteiger charge is -2.38. The zero-order valence-corrected chi connectivity index (χ0v) is 17.7. The molecule has 1 saturated carbocycles. The van der Waals surface area contributed by atoms with Gasteiger partial charge in [0.05, 0.1) is 22.9 Å². The van der Waals surface area contributed by atoms with E-state index in [4.69, 9.17) is 4.98 Å². The third kappa shape index (κ3) is 3.33. The number of para-hydroxylation sites is 1. The molecule has 0 bridgehead atoms. The molecule has 1 aromatic heterocycles. The van der Waals surface area contributed by atoms with Crippen molar-refractivity contribution in [2.24, 2.45) is 5.92 Å². The number of rotatable bonds is 5. The number of thiazole rings is 1. The molecule has 3 heterocycles. The third-order valence-electron chi connectivity index (χ3n) is 6.66. The summed E-state index contributed by atoms with van der Waals surface area (Å²) in [5.41, 5.74) is 0.371. The average molecular weight is 414 g/mol. The fourth-order valence-corrected chi connectivity index (χ4v) is 5.55. The van der Waals surface area contributed by atoms with Crippen LogP contribution in [-0.4, -0.2) is 70.0 Å². The molecule has 0 unspecified atom stereocenters. The predicted octanol–water partition coefficient (Wildman–Crippen LogP) is 2.65. The number of amides is 3. The number of hydrogen-bond acceptors (Lipinski definition) is 6. The molecule has 5 rings (SSSR count). The second-order valence-corrected chi connectivity index (χ2v) is 9.69. The van der Waals surface area contributed by atoms with Crippen molar-refractivity contribution in [1.82, 2.24) is 25.0 Å². The van der Waals surface area contributed by atoms with Crippen molar-refractivity contribution < 1.29 is 9.59 Å². The van der Waals surface area contributed by atoms with E-state index in [1.165, 1.54) is 9.60 Å². The lowest BCUT2D eigenvalue weighted by atomic mass is 9.96. The van der Waals surface area contributed by atoms with Crippen molar-refractivity contribution in [3.63, 3.8) is 0 Å². The highest BCUT2D eigenvalue weighted by Crippen LogP contribution is 2.42. The van der Waals surface area contributed by atoms with Crippen LogP contribution in [0.3, 0.4) is 0 Å². The second kappa shape index (κ2) is 7.04. The van der Waals surface area contributed by atoms with E-state index in [0.717, 1.165) is 49.5 Å². The van der Waals surface area contributed by atoms with Gasteiger partial charge < -0.3 is 5.32 Å². The first kappa shape index (κ1) is 19.0. The minimum Gasteiger partial charge on any atom is -0.323 e. The summed E-state index contributed by atoms with van der Waals surface area (Å²) in [6.45, 7) is 7.96. The first-order valence-electron chi connectivity index (χ1n) is 10.4. The van der Waals surface area contributed by atoms with E-state index in [9.17, 15) is 9.59 Å². The summed E-state index contributed by atoms with van der Waals surface area (Å²) < 4.78 is 1.23. The zero-order chi connectivity index (χ0) is 20.2. The van der Waals surface area contributed by atoms with Gasteiger partial charge in [0, 0.05) is 26.2 Å². The number of nitrogens with zero attached hydrogens (tertiary/aromatic N) is 4. The van der Waals surface area contributed by atoms with Crippen molar-refractivity contribution in [3.05, 3.63) is 29.3 Å². The molecule has 1 aliphatic carbocycles. The molecule has 0 spiro atoms. The summed E-state index contributed by atoms with van der Waals surface area (Å²) in [4.78, 5) is 36.1. The summed E-state index contributed by atoms with van der Waals surface area (Å²) in [6, 6.07) is 8.29. The number of aromatic nitrogens is 1.